The Morgan fingerprint density at radius 3 is 2.50 bits per heavy atom. The zero-order valence-electron chi connectivity index (χ0n) is 14.3. The molecule has 2 aromatic heterocycles. The van der Waals surface area contributed by atoms with Crippen molar-refractivity contribution in [2.75, 3.05) is 0 Å². The van der Waals surface area contributed by atoms with Crippen LogP contribution in [0.4, 0.5) is 13.2 Å². The molecule has 0 N–H and O–H groups in total. The zero-order chi connectivity index (χ0) is 19.6. The molecule has 0 unspecified atom stereocenters. The van der Waals surface area contributed by atoms with Gasteiger partial charge in [-0.25, -0.2) is 4.98 Å². The Labute approximate surface area is 157 Å². The van der Waals surface area contributed by atoms with Crippen LogP contribution in [-0.2, 0) is 12.8 Å². The van der Waals surface area contributed by atoms with Gasteiger partial charge in [0.1, 0.15) is 28.5 Å². The quantitative estimate of drug-likeness (QED) is 0.446. The van der Waals surface area contributed by atoms with Crippen molar-refractivity contribution in [3.63, 3.8) is 0 Å². The molecule has 0 bridgehead atoms. The molecule has 5 nitrogen and oxygen atoms in total. The van der Waals surface area contributed by atoms with E-state index >= 15 is 0 Å². The number of para-hydroxylation sites is 1. The summed E-state index contributed by atoms with van der Waals surface area (Å²) in [6, 6.07) is 16.6. The number of ether oxygens (including phenoxy) is 2. The zero-order valence-corrected chi connectivity index (χ0v) is 14.3. The Morgan fingerprint density at radius 2 is 1.71 bits per heavy atom. The van der Waals surface area contributed by atoms with E-state index in [4.69, 9.17) is 13.9 Å². The molecule has 0 spiro atoms. The van der Waals surface area contributed by atoms with Crippen LogP contribution in [0.2, 0.25) is 0 Å². The van der Waals surface area contributed by atoms with Gasteiger partial charge in [-0.05, 0) is 30.3 Å². The Morgan fingerprint density at radius 1 is 0.893 bits per heavy atom. The van der Waals surface area contributed by atoms with Gasteiger partial charge in [0, 0.05) is 18.3 Å². The lowest BCUT2D eigenvalue weighted by molar-refractivity contribution is -0.141. The molecule has 4 rings (SSSR count). The van der Waals surface area contributed by atoms with E-state index < -0.39 is 11.9 Å². The average molecular weight is 386 g/mol. The fourth-order valence-corrected chi connectivity index (χ4v) is 2.50. The number of rotatable bonds is 5. The van der Waals surface area contributed by atoms with Gasteiger partial charge in [-0.3, -0.25) is 4.98 Å². The number of halogens is 3. The Kier molecular flexibility index (Phi) is 4.60. The molecule has 0 radical (unpaired) electrons. The topological polar surface area (TPSA) is 57.4 Å². The van der Waals surface area contributed by atoms with Gasteiger partial charge in [0.05, 0.1) is 0 Å². The van der Waals surface area contributed by atoms with Crippen LogP contribution in [0.25, 0.3) is 11.1 Å². The molecule has 0 aliphatic carbocycles. The van der Waals surface area contributed by atoms with Crippen molar-refractivity contribution in [2.45, 2.75) is 12.8 Å². The molecule has 0 fully saturated rings. The highest BCUT2D eigenvalue weighted by Gasteiger charge is 2.32. The van der Waals surface area contributed by atoms with Crippen LogP contribution in [0.1, 0.15) is 11.6 Å². The first kappa shape index (κ1) is 17.8. The molecule has 0 saturated heterocycles. The predicted octanol–water partition coefficient (Wildman–Crippen LogP) is 5.61. The summed E-state index contributed by atoms with van der Waals surface area (Å²) in [5, 5.41) is 0. The molecule has 2 aromatic carbocycles. The standard InChI is InChI=1S/C20H13F3N2O3/c21-20(22,23)18-11-14(8-9-24-18)26-12-19-25-16-7-6-15(10-17(16)28-19)27-13-4-2-1-3-5-13/h1-11H,12H2. The third-order valence-corrected chi connectivity index (χ3v) is 3.77. The van der Waals surface area contributed by atoms with Crippen molar-refractivity contribution >= 4 is 11.1 Å². The largest absolute Gasteiger partial charge is 0.484 e. The first-order chi connectivity index (χ1) is 13.5. The minimum Gasteiger partial charge on any atom is -0.484 e. The molecule has 0 amide bonds. The van der Waals surface area contributed by atoms with Crippen molar-refractivity contribution in [3.05, 3.63) is 78.4 Å². The van der Waals surface area contributed by atoms with E-state index in [2.05, 4.69) is 9.97 Å². The number of oxazole rings is 1. The van der Waals surface area contributed by atoms with Gasteiger partial charge in [-0.2, -0.15) is 13.2 Å². The van der Waals surface area contributed by atoms with E-state index in [-0.39, 0.29) is 18.2 Å². The fraction of sp³-hybridized carbons (Fsp3) is 0.100. The minimum atomic E-state index is -4.54. The van der Waals surface area contributed by atoms with E-state index in [0.29, 0.717) is 22.6 Å². The molecule has 4 aromatic rings. The van der Waals surface area contributed by atoms with Gasteiger partial charge in [-0.15, -0.1) is 0 Å². The molecule has 0 aliphatic heterocycles. The number of aromatic nitrogens is 2. The monoisotopic (exact) mass is 386 g/mol. The number of nitrogens with zero attached hydrogens (tertiary/aromatic N) is 2. The molecule has 28 heavy (non-hydrogen) atoms. The van der Waals surface area contributed by atoms with Crippen LogP contribution in [0.3, 0.4) is 0 Å². The average Bonchev–Trinajstić information content (AvgIpc) is 3.09. The van der Waals surface area contributed by atoms with E-state index in [1.54, 1.807) is 18.2 Å². The van der Waals surface area contributed by atoms with Crippen LogP contribution < -0.4 is 9.47 Å². The highest BCUT2D eigenvalue weighted by molar-refractivity contribution is 5.74. The van der Waals surface area contributed by atoms with Gasteiger partial charge < -0.3 is 13.9 Å². The summed E-state index contributed by atoms with van der Waals surface area (Å²) in [5.41, 5.74) is 0.0488. The summed E-state index contributed by atoms with van der Waals surface area (Å²) in [6.07, 6.45) is -3.50. The summed E-state index contributed by atoms with van der Waals surface area (Å²) in [7, 11) is 0. The number of pyridine rings is 1. The van der Waals surface area contributed by atoms with Gasteiger partial charge in [0.2, 0.25) is 5.89 Å². The smallest absolute Gasteiger partial charge is 0.433 e. The lowest BCUT2D eigenvalue weighted by atomic mass is 10.3. The maximum absolute atomic E-state index is 12.7. The van der Waals surface area contributed by atoms with E-state index in [9.17, 15) is 13.2 Å². The molecule has 0 atom stereocenters. The van der Waals surface area contributed by atoms with Crippen LogP contribution in [0.15, 0.2) is 71.3 Å². The van der Waals surface area contributed by atoms with Crippen molar-refractivity contribution < 1.29 is 27.1 Å². The molecule has 142 valence electrons. The van der Waals surface area contributed by atoms with Gasteiger partial charge in [0.25, 0.3) is 0 Å². The third-order valence-electron chi connectivity index (χ3n) is 3.77. The lowest BCUT2D eigenvalue weighted by Gasteiger charge is -2.08. The Balaban J connectivity index is 1.48. The van der Waals surface area contributed by atoms with Crippen LogP contribution in [-0.4, -0.2) is 9.97 Å². The van der Waals surface area contributed by atoms with E-state index in [0.717, 1.165) is 12.3 Å². The second kappa shape index (κ2) is 7.22. The first-order valence-electron chi connectivity index (χ1n) is 8.26. The summed E-state index contributed by atoms with van der Waals surface area (Å²) in [5.74, 6) is 1.52. The maximum atomic E-state index is 12.7. The number of fused-ring (bicyclic) bond motifs is 1. The normalized spacial score (nSPS) is 11.5. The molecular weight excluding hydrogens is 373 g/mol. The number of alkyl halides is 3. The number of hydrogen-bond donors (Lipinski definition) is 0. The molecule has 0 saturated carbocycles. The molecule has 0 aliphatic rings. The molecule has 2 heterocycles. The highest BCUT2D eigenvalue weighted by atomic mass is 19.4. The second-order valence-electron chi connectivity index (χ2n) is 5.82. The second-order valence-corrected chi connectivity index (χ2v) is 5.82. The van der Waals surface area contributed by atoms with Gasteiger partial charge >= 0.3 is 6.18 Å². The van der Waals surface area contributed by atoms with Gasteiger partial charge in [-0.1, -0.05) is 18.2 Å². The van der Waals surface area contributed by atoms with E-state index in [1.807, 2.05) is 30.3 Å². The lowest BCUT2D eigenvalue weighted by Crippen LogP contribution is -2.08. The van der Waals surface area contributed by atoms with Crippen LogP contribution in [0.5, 0.6) is 17.2 Å². The van der Waals surface area contributed by atoms with E-state index in [1.165, 1.54) is 6.07 Å². The minimum absolute atomic E-state index is 0.0256. The van der Waals surface area contributed by atoms with Crippen molar-refractivity contribution in [1.29, 1.82) is 0 Å². The summed E-state index contributed by atoms with van der Waals surface area (Å²) in [6.45, 7) is -0.120. The number of hydrogen-bond acceptors (Lipinski definition) is 5. The summed E-state index contributed by atoms with van der Waals surface area (Å²) < 4.78 is 54.8. The Hall–Kier alpha value is -3.55. The van der Waals surface area contributed by atoms with Crippen molar-refractivity contribution in [1.82, 2.24) is 9.97 Å². The predicted molar refractivity (Wildman–Crippen MR) is 94.1 cm³/mol. The highest BCUT2D eigenvalue weighted by Crippen LogP contribution is 2.30. The van der Waals surface area contributed by atoms with Crippen molar-refractivity contribution in [2.24, 2.45) is 0 Å². The SMILES string of the molecule is FC(F)(F)c1cc(OCc2nc3ccc(Oc4ccccc4)cc3o2)ccn1. The van der Waals surface area contributed by atoms with Crippen LogP contribution >= 0.6 is 0 Å². The van der Waals surface area contributed by atoms with Crippen LogP contribution in [0, 0.1) is 0 Å². The fourth-order valence-electron chi connectivity index (χ4n) is 2.50. The maximum Gasteiger partial charge on any atom is 0.433 e. The van der Waals surface area contributed by atoms with Gasteiger partial charge in [0.15, 0.2) is 12.2 Å². The summed E-state index contributed by atoms with van der Waals surface area (Å²) in [4.78, 5) is 7.55. The summed E-state index contributed by atoms with van der Waals surface area (Å²) >= 11 is 0. The molecular formula is C20H13F3N2O3. The van der Waals surface area contributed by atoms with Crippen molar-refractivity contribution in [3.8, 4) is 17.2 Å². The third kappa shape index (κ3) is 4.06. The number of benzene rings is 2. The molecule has 8 heteroatoms. The first-order valence-corrected chi connectivity index (χ1v) is 8.26. The Bertz CT molecular complexity index is 1090.